The normalized spacial score (nSPS) is 12.9. The Morgan fingerprint density at radius 2 is 1.78 bits per heavy atom. The number of hydrogen-bond acceptors (Lipinski definition) is 8. The largest absolute Gasteiger partial charge is 0.491 e. The van der Waals surface area contributed by atoms with Gasteiger partial charge in [0.25, 0.3) is 5.91 Å². The molecule has 0 bridgehead atoms. The van der Waals surface area contributed by atoms with E-state index >= 15 is 0 Å². The van der Waals surface area contributed by atoms with Crippen molar-refractivity contribution in [3.8, 4) is 16.9 Å². The van der Waals surface area contributed by atoms with Crippen LogP contribution < -0.4 is 15.0 Å². The van der Waals surface area contributed by atoms with Crippen molar-refractivity contribution in [3.05, 3.63) is 83.7 Å². The van der Waals surface area contributed by atoms with Crippen molar-refractivity contribution in [1.82, 2.24) is 20.2 Å². The molecule has 5 rings (SSSR count). The number of aromatic nitrogens is 4. The number of thioether (sulfide) groups is 1. The average Bonchev–Trinajstić information content (AvgIpc) is 3.39. The Balaban J connectivity index is 1.27. The third-order valence-electron chi connectivity index (χ3n) is 7.58. The number of unbranched alkanes of at least 4 members (excludes halogenated alkanes) is 1. The summed E-state index contributed by atoms with van der Waals surface area (Å²) in [6.45, 7) is 10.2. The van der Waals surface area contributed by atoms with Gasteiger partial charge >= 0.3 is 0 Å². The molecule has 9 nitrogen and oxygen atoms in total. The summed E-state index contributed by atoms with van der Waals surface area (Å²) in [5.74, 6) is 2.56. The summed E-state index contributed by atoms with van der Waals surface area (Å²) in [6.07, 6.45) is 4.92. The molecule has 1 aliphatic heterocycles. The number of aryl methyl sites for hydroxylation is 1. The van der Waals surface area contributed by atoms with Crippen molar-refractivity contribution in [1.29, 1.82) is 0 Å². The minimum absolute atomic E-state index is 0.0768. The fourth-order valence-corrected chi connectivity index (χ4v) is 6.01. The highest BCUT2D eigenvalue weighted by Gasteiger charge is 2.21. The van der Waals surface area contributed by atoms with Gasteiger partial charge in [0.2, 0.25) is 0 Å². The maximum absolute atomic E-state index is 13.6. The van der Waals surface area contributed by atoms with Crippen LogP contribution in [0.5, 0.6) is 5.75 Å². The number of carbonyl (C=O) groups excluding carboxylic acids is 1. The van der Waals surface area contributed by atoms with Crippen molar-refractivity contribution in [2.75, 3.05) is 43.1 Å². The molecule has 1 N–H and O–H groups in total. The van der Waals surface area contributed by atoms with Crippen molar-refractivity contribution in [2.24, 2.45) is 13.0 Å². The van der Waals surface area contributed by atoms with Crippen LogP contribution in [0.1, 0.15) is 51.4 Å². The van der Waals surface area contributed by atoms with Gasteiger partial charge in [0, 0.05) is 41.5 Å². The molecule has 1 aromatic heterocycles. The van der Waals surface area contributed by atoms with E-state index in [1.807, 2.05) is 36.4 Å². The zero-order valence-electron chi connectivity index (χ0n) is 27.2. The molecule has 0 saturated carbocycles. The van der Waals surface area contributed by atoms with Crippen LogP contribution >= 0.6 is 11.8 Å². The van der Waals surface area contributed by atoms with Crippen molar-refractivity contribution in [3.63, 3.8) is 0 Å². The van der Waals surface area contributed by atoms with Crippen LogP contribution in [0, 0.1) is 5.92 Å². The summed E-state index contributed by atoms with van der Waals surface area (Å²) in [5, 5.41) is 15.3. The van der Waals surface area contributed by atoms with E-state index in [-0.39, 0.29) is 5.91 Å². The number of fused-ring (bicyclic) bond motifs is 1. The SMILES string of the molecule is CCCCOCCOc1ccc(-c2ccc3c(c2)C=C(C(=O)Nc2ccc(SCc4nnn(C)n4)cc2)CCN3CC(C)C)cc1. The van der Waals surface area contributed by atoms with Crippen LogP contribution in [0.15, 0.2) is 77.2 Å². The Kier molecular flexibility index (Phi) is 11.9. The molecule has 0 radical (unpaired) electrons. The number of carbonyl (C=O) groups is 1. The lowest BCUT2D eigenvalue weighted by Crippen LogP contribution is -2.29. The maximum Gasteiger partial charge on any atom is 0.251 e. The average molecular weight is 641 g/mol. The highest BCUT2D eigenvalue weighted by Crippen LogP contribution is 2.34. The van der Waals surface area contributed by atoms with Crippen LogP contribution in [-0.2, 0) is 22.3 Å². The zero-order valence-corrected chi connectivity index (χ0v) is 28.1. The van der Waals surface area contributed by atoms with Crippen LogP contribution in [0.4, 0.5) is 11.4 Å². The summed E-state index contributed by atoms with van der Waals surface area (Å²) in [7, 11) is 1.75. The van der Waals surface area contributed by atoms with E-state index in [0.717, 1.165) is 76.8 Å². The summed E-state index contributed by atoms with van der Waals surface area (Å²) < 4.78 is 11.5. The van der Waals surface area contributed by atoms with Gasteiger partial charge in [-0.3, -0.25) is 4.79 Å². The molecule has 0 aliphatic carbocycles. The molecule has 1 amide bonds. The van der Waals surface area contributed by atoms with Gasteiger partial charge in [-0.15, -0.1) is 22.0 Å². The van der Waals surface area contributed by atoms with Crippen molar-refractivity contribution >= 4 is 35.1 Å². The van der Waals surface area contributed by atoms with Gasteiger partial charge in [-0.1, -0.05) is 45.4 Å². The second kappa shape index (κ2) is 16.4. The molecule has 2 heterocycles. The minimum Gasteiger partial charge on any atom is -0.491 e. The van der Waals surface area contributed by atoms with E-state index in [4.69, 9.17) is 9.47 Å². The summed E-state index contributed by atoms with van der Waals surface area (Å²) in [6, 6.07) is 22.6. The second-order valence-corrected chi connectivity index (χ2v) is 12.9. The predicted molar refractivity (Wildman–Crippen MR) is 186 cm³/mol. The van der Waals surface area contributed by atoms with E-state index < -0.39 is 0 Å². The van der Waals surface area contributed by atoms with E-state index in [9.17, 15) is 4.79 Å². The fourth-order valence-electron chi connectivity index (χ4n) is 5.27. The second-order valence-electron chi connectivity index (χ2n) is 11.8. The Bertz CT molecular complexity index is 1600. The maximum atomic E-state index is 13.6. The molecular weight excluding hydrogens is 597 g/mol. The number of tetrazole rings is 1. The highest BCUT2D eigenvalue weighted by atomic mass is 32.2. The lowest BCUT2D eigenvalue weighted by Gasteiger charge is -2.27. The van der Waals surface area contributed by atoms with Crippen LogP contribution in [-0.4, -0.2) is 59.0 Å². The first kappa shape index (κ1) is 33.2. The molecule has 3 aromatic carbocycles. The molecule has 0 atom stereocenters. The van der Waals surface area contributed by atoms with Gasteiger partial charge in [-0.2, -0.15) is 4.80 Å². The monoisotopic (exact) mass is 640 g/mol. The molecule has 0 fully saturated rings. The molecule has 46 heavy (non-hydrogen) atoms. The number of anilines is 2. The Morgan fingerprint density at radius 1 is 1.00 bits per heavy atom. The molecule has 1 aliphatic rings. The van der Waals surface area contributed by atoms with Crippen molar-refractivity contribution in [2.45, 2.75) is 50.7 Å². The molecular formula is C36H44N6O3S. The Labute approximate surface area is 276 Å². The number of benzene rings is 3. The van der Waals surface area contributed by atoms with Crippen LogP contribution in [0.3, 0.4) is 0 Å². The lowest BCUT2D eigenvalue weighted by molar-refractivity contribution is -0.112. The number of hydrogen-bond donors (Lipinski definition) is 1. The fraction of sp³-hybridized carbons (Fsp3) is 0.389. The number of nitrogens with zero attached hydrogens (tertiary/aromatic N) is 5. The number of nitrogens with one attached hydrogen (secondary N) is 1. The van der Waals surface area contributed by atoms with Crippen molar-refractivity contribution < 1.29 is 14.3 Å². The van der Waals surface area contributed by atoms with Crippen LogP contribution in [0.2, 0.25) is 0 Å². The number of ether oxygens (including phenoxy) is 2. The first-order valence-corrected chi connectivity index (χ1v) is 17.0. The predicted octanol–water partition coefficient (Wildman–Crippen LogP) is 7.25. The third-order valence-corrected chi connectivity index (χ3v) is 8.59. The first-order valence-electron chi connectivity index (χ1n) is 16.1. The quantitative estimate of drug-likeness (QED) is 0.107. The highest BCUT2D eigenvalue weighted by molar-refractivity contribution is 7.98. The Hall–Kier alpha value is -4.15. The summed E-state index contributed by atoms with van der Waals surface area (Å²) in [4.78, 5) is 18.5. The smallest absolute Gasteiger partial charge is 0.251 e. The minimum atomic E-state index is -0.0768. The number of rotatable bonds is 15. The Morgan fingerprint density at radius 3 is 2.50 bits per heavy atom. The zero-order chi connectivity index (χ0) is 32.3. The summed E-state index contributed by atoms with van der Waals surface area (Å²) >= 11 is 1.63. The molecule has 0 saturated heterocycles. The van der Waals surface area contributed by atoms with E-state index in [1.54, 1.807) is 18.8 Å². The topological polar surface area (TPSA) is 94.4 Å². The van der Waals surface area contributed by atoms with E-state index in [0.29, 0.717) is 37.1 Å². The molecule has 0 spiro atoms. The summed E-state index contributed by atoms with van der Waals surface area (Å²) in [5.41, 5.74) is 5.93. The van der Waals surface area contributed by atoms with Crippen LogP contribution in [0.25, 0.3) is 17.2 Å². The molecule has 242 valence electrons. The lowest BCUT2D eigenvalue weighted by atomic mass is 10.00. The van der Waals surface area contributed by atoms with Gasteiger partial charge in [0.05, 0.1) is 19.4 Å². The van der Waals surface area contributed by atoms with Gasteiger partial charge in [0.1, 0.15) is 12.4 Å². The molecule has 0 unspecified atom stereocenters. The van der Waals surface area contributed by atoms with Gasteiger partial charge in [0.15, 0.2) is 5.82 Å². The molecule has 4 aromatic rings. The van der Waals surface area contributed by atoms with E-state index in [2.05, 4.69) is 82.8 Å². The van der Waals surface area contributed by atoms with E-state index in [1.165, 1.54) is 4.80 Å². The van der Waals surface area contributed by atoms with Gasteiger partial charge < -0.3 is 19.7 Å². The third kappa shape index (κ3) is 9.43. The molecule has 10 heteroatoms. The van der Waals surface area contributed by atoms with Gasteiger partial charge in [-0.25, -0.2) is 0 Å². The first-order chi connectivity index (χ1) is 22.4. The standard InChI is InChI=1S/C36H44N6O3S/c1-5-6-19-44-20-21-45-32-12-7-27(8-13-32)28-9-16-34-30(22-28)23-29(17-18-42(34)24-26(2)3)36(43)37-31-10-14-33(15-11-31)46-25-35-38-40-41(4)39-35/h7-16,22-23,26H,5-6,17-21,24-25H2,1-4H3,(H,37,43). The number of amides is 1. The van der Waals surface area contributed by atoms with Gasteiger partial charge in [-0.05, 0) is 95.3 Å².